The zero-order valence-electron chi connectivity index (χ0n) is 22.3. The standard InChI is InChI=1S/C31H46ClN3O/c1-2-3-4-5-6-7-8-9-10-11-12-13-14-15-16-17-22-34-26-19-21-30-29(24-26)35-31(36-30)25-18-20-27(32)28(33)23-25/h18-21,23-24,34H,2-17,22,33H2,1H3. The molecule has 0 saturated heterocycles. The van der Waals surface area contributed by atoms with E-state index in [1.54, 1.807) is 12.1 Å². The molecule has 198 valence electrons. The maximum atomic E-state index is 6.03. The Bertz CT molecular complexity index is 1020. The summed E-state index contributed by atoms with van der Waals surface area (Å²) in [6.45, 7) is 3.28. The van der Waals surface area contributed by atoms with Crippen molar-refractivity contribution in [2.45, 2.75) is 110 Å². The fourth-order valence-corrected chi connectivity index (χ4v) is 4.86. The Kier molecular flexibility index (Phi) is 13.0. The van der Waals surface area contributed by atoms with Crippen LogP contribution in [0.2, 0.25) is 5.02 Å². The third-order valence-corrected chi connectivity index (χ3v) is 7.33. The highest BCUT2D eigenvalue weighted by atomic mass is 35.5. The molecule has 0 aliphatic heterocycles. The van der Waals surface area contributed by atoms with Crippen molar-refractivity contribution in [2.24, 2.45) is 0 Å². The van der Waals surface area contributed by atoms with Crippen LogP contribution >= 0.6 is 11.6 Å². The number of nitrogen functional groups attached to an aromatic ring is 1. The number of benzene rings is 2. The second-order valence-electron chi connectivity index (χ2n) is 10.2. The highest BCUT2D eigenvalue weighted by Crippen LogP contribution is 2.29. The number of nitrogens with zero attached hydrogens (tertiary/aromatic N) is 1. The average molecular weight is 512 g/mol. The molecule has 5 heteroatoms. The minimum Gasteiger partial charge on any atom is -0.436 e. The van der Waals surface area contributed by atoms with Crippen LogP contribution in [0.1, 0.15) is 110 Å². The van der Waals surface area contributed by atoms with E-state index in [2.05, 4.69) is 23.3 Å². The fraction of sp³-hybridized carbons (Fsp3) is 0.581. The van der Waals surface area contributed by atoms with Gasteiger partial charge in [-0.15, -0.1) is 0 Å². The van der Waals surface area contributed by atoms with Crippen molar-refractivity contribution in [1.82, 2.24) is 4.98 Å². The molecule has 3 rings (SSSR count). The van der Waals surface area contributed by atoms with Crippen LogP contribution in [0.3, 0.4) is 0 Å². The molecule has 4 nitrogen and oxygen atoms in total. The molecule has 0 aliphatic rings. The lowest BCUT2D eigenvalue weighted by Gasteiger charge is -2.06. The Morgan fingerprint density at radius 1 is 0.750 bits per heavy atom. The van der Waals surface area contributed by atoms with Gasteiger partial charge < -0.3 is 15.5 Å². The quantitative estimate of drug-likeness (QED) is 0.124. The summed E-state index contributed by atoms with van der Waals surface area (Å²) in [5.74, 6) is 0.559. The molecule has 2 aromatic carbocycles. The van der Waals surface area contributed by atoms with Gasteiger partial charge in [-0.3, -0.25) is 0 Å². The number of halogens is 1. The highest BCUT2D eigenvalue weighted by molar-refractivity contribution is 6.33. The first-order valence-electron chi connectivity index (χ1n) is 14.4. The van der Waals surface area contributed by atoms with Crippen LogP contribution in [0, 0.1) is 0 Å². The van der Waals surface area contributed by atoms with Crippen molar-refractivity contribution in [3.05, 3.63) is 41.4 Å². The van der Waals surface area contributed by atoms with Crippen molar-refractivity contribution in [2.75, 3.05) is 17.6 Å². The van der Waals surface area contributed by atoms with Gasteiger partial charge in [0.25, 0.3) is 0 Å². The summed E-state index contributed by atoms with van der Waals surface area (Å²) in [6.07, 6.45) is 22.3. The van der Waals surface area contributed by atoms with Crippen LogP contribution in [0.5, 0.6) is 0 Å². The summed E-state index contributed by atoms with van der Waals surface area (Å²) in [7, 11) is 0. The number of anilines is 2. The van der Waals surface area contributed by atoms with Crippen LogP contribution in [0.15, 0.2) is 40.8 Å². The summed E-state index contributed by atoms with van der Waals surface area (Å²) in [5.41, 5.74) is 9.97. The van der Waals surface area contributed by atoms with Gasteiger partial charge in [-0.2, -0.15) is 0 Å². The van der Waals surface area contributed by atoms with Gasteiger partial charge in [0, 0.05) is 17.8 Å². The normalized spacial score (nSPS) is 11.4. The minimum absolute atomic E-state index is 0.526. The predicted molar refractivity (Wildman–Crippen MR) is 157 cm³/mol. The van der Waals surface area contributed by atoms with E-state index in [0.29, 0.717) is 16.6 Å². The van der Waals surface area contributed by atoms with Crippen LogP contribution < -0.4 is 11.1 Å². The third-order valence-electron chi connectivity index (χ3n) is 6.99. The molecule has 0 radical (unpaired) electrons. The van der Waals surface area contributed by atoms with Crippen molar-refractivity contribution in [1.29, 1.82) is 0 Å². The molecule has 0 saturated carbocycles. The van der Waals surface area contributed by atoms with Gasteiger partial charge in [-0.1, -0.05) is 115 Å². The van der Waals surface area contributed by atoms with Crippen molar-refractivity contribution in [3.63, 3.8) is 0 Å². The summed E-state index contributed by atoms with van der Waals surface area (Å²) in [6, 6.07) is 11.5. The molecular formula is C31H46ClN3O. The molecule has 3 aromatic rings. The Balaban J connectivity index is 1.20. The van der Waals surface area contributed by atoms with Crippen LogP contribution in [-0.2, 0) is 0 Å². The topological polar surface area (TPSA) is 64.1 Å². The third kappa shape index (κ3) is 10.0. The minimum atomic E-state index is 0.526. The van der Waals surface area contributed by atoms with E-state index in [1.807, 2.05) is 18.2 Å². The van der Waals surface area contributed by atoms with Gasteiger partial charge in [0.2, 0.25) is 5.89 Å². The lowest BCUT2D eigenvalue weighted by molar-refractivity contribution is 0.530. The zero-order valence-corrected chi connectivity index (χ0v) is 23.1. The molecule has 1 aromatic heterocycles. The molecule has 0 spiro atoms. The van der Waals surface area contributed by atoms with Crippen LogP contribution in [-0.4, -0.2) is 11.5 Å². The zero-order chi connectivity index (χ0) is 25.4. The Morgan fingerprint density at radius 2 is 1.33 bits per heavy atom. The van der Waals surface area contributed by atoms with E-state index in [0.717, 1.165) is 28.9 Å². The van der Waals surface area contributed by atoms with Gasteiger partial charge in [-0.05, 0) is 42.8 Å². The van der Waals surface area contributed by atoms with E-state index in [1.165, 1.54) is 103 Å². The smallest absolute Gasteiger partial charge is 0.227 e. The molecule has 0 atom stereocenters. The predicted octanol–water partition coefficient (Wildman–Crippen LogP) is 10.4. The number of unbranched alkanes of at least 4 members (excludes halogenated alkanes) is 15. The van der Waals surface area contributed by atoms with Gasteiger partial charge in [0.1, 0.15) is 5.52 Å². The largest absolute Gasteiger partial charge is 0.436 e. The van der Waals surface area contributed by atoms with E-state index in [-0.39, 0.29) is 0 Å². The molecule has 36 heavy (non-hydrogen) atoms. The highest BCUT2D eigenvalue weighted by Gasteiger charge is 2.10. The molecular weight excluding hydrogens is 466 g/mol. The maximum absolute atomic E-state index is 6.03. The van der Waals surface area contributed by atoms with Gasteiger partial charge in [-0.25, -0.2) is 4.98 Å². The van der Waals surface area contributed by atoms with Gasteiger partial charge in [0.15, 0.2) is 5.58 Å². The molecule has 3 N–H and O–H groups in total. The second-order valence-corrected chi connectivity index (χ2v) is 10.6. The summed E-state index contributed by atoms with van der Waals surface area (Å²) in [5, 5.41) is 4.07. The summed E-state index contributed by atoms with van der Waals surface area (Å²) < 4.78 is 5.90. The number of nitrogens with two attached hydrogens (primary N) is 1. The SMILES string of the molecule is CCCCCCCCCCCCCCCCCCNc1ccc2oc(-c3ccc(Cl)c(N)c3)nc2c1. The number of nitrogens with one attached hydrogen (secondary N) is 1. The lowest BCUT2D eigenvalue weighted by Crippen LogP contribution is -2.01. The van der Waals surface area contributed by atoms with Crippen molar-refractivity contribution < 1.29 is 4.42 Å². The Morgan fingerprint density at radius 3 is 1.92 bits per heavy atom. The van der Waals surface area contributed by atoms with Crippen molar-refractivity contribution in [3.8, 4) is 11.5 Å². The molecule has 1 heterocycles. The number of rotatable bonds is 19. The molecule has 0 unspecified atom stereocenters. The first-order valence-corrected chi connectivity index (χ1v) is 14.7. The molecule has 0 bridgehead atoms. The van der Waals surface area contributed by atoms with Gasteiger partial charge in [0.05, 0.1) is 10.7 Å². The van der Waals surface area contributed by atoms with Crippen LogP contribution in [0.25, 0.3) is 22.6 Å². The van der Waals surface area contributed by atoms with E-state index in [9.17, 15) is 0 Å². The molecule has 0 aliphatic carbocycles. The first-order chi connectivity index (χ1) is 17.7. The number of fused-ring (bicyclic) bond motifs is 1. The average Bonchev–Trinajstić information content (AvgIpc) is 3.31. The number of hydrogen-bond acceptors (Lipinski definition) is 4. The lowest BCUT2D eigenvalue weighted by atomic mass is 10.0. The molecule has 0 fully saturated rings. The van der Waals surface area contributed by atoms with Crippen molar-refractivity contribution >= 4 is 34.1 Å². The summed E-state index contributed by atoms with van der Waals surface area (Å²) in [4.78, 5) is 4.64. The Hall–Kier alpha value is -2.20. The van der Waals surface area contributed by atoms with Gasteiger partial charge >= 0.3 is 0 Å². The monoisotopic (exact) mass is 511 g/mol. The summed E-state index contributed by atoms with van der Waals surface area (Å²) >= 11 is 6.03. The van der Waals surface area contributed by atoms with E-state index >= 15 is 0 Å². The first kappa shape index (κ1) is 28.4. The number of hydrogen-bond donors (Lipinski definition) is 2. The molecule has 0 amide bonds. The van der Waals surface area contributed by atoms with E-state index < -0.39 is 0 Å². The van der Waals surface area contributed by atoms with E-state index in [4.69, 9.17) is 21.8 Å². The number of aromatic nitrogens is 1. The number of oxazole rings is 1. The fourth-order valence-electron chi connectivity index (χ4n) is 4.74. The second kappa shape index (κ2) is 16.5. The van der Waals surface area contributed by atoms with Crippen LogP contribution in [0.4, 0.5) is 11.4 Å². The Labute approximate surface area is 223 Å². The maximum Gasteiger partial charge on any atom is 0.227 e.